The van der Waals surface area contributed by atoms with E-state index in [-0.39, 0.29) is 5.60 Å². The molecule has 1 heterocycles. The first kappa shape index (κ1) is 22.3. The minimum Gasteiger partial charge on any atom is -0.381 e. The van der Waals surface area contributed by atoms with Crippen molar-refractivity contribution in [3.05, 3.63) is 71.8 Å². The molecule has 30 heavy (non-hydrogen) atoms. The van der Waals surface area contributed by atoms with Gasteiger partial charge in [0.2, 0.25) is 0 Å². The molecule has 1 saturated heterocycles. The highest BCUT2D eigenvalue weighted by Gasteiger charge is 2.32. The van der Waals surface area contributed by atoms with Gasteiger partial charge in [0.05, 0.1) is 12.1 Å². The van der Waals surface area contributed by atoms with E-state index in [1.54, 1.807) is 7.11 Å². The molecule has 0 aromatic heterocycles. The van der Waals surface area contributed by atoms with Gasteiger partial charge < -0.3 is 20.1 Å². The van der Waals surface area contributed by atoms with Crippen LogP contribution in [0.2, 0.25) is 0 Å². The summed E-state index contributed by atoms with van der Waals surface area (Å²) >= 11 is 0. The van der Waals surface area contributed by atoms with Crippen LogP contribution in [0.25, 0.3) is 0 Å². The first-order valence-corrected chi connectivity index (χ1v) is 11.0. The van der Waals surface area contributed by atoms with E-state index in [1.807, 2.05) is 0 Å². The summed E-state index contributed by atoms with van der Waals surface area (Å²) in [5.74, 6) is 1.20. The summed E-state index contributed by atoms with van der Waals surface area (Å²) in [4.78, 5) is 4.84. The van der Waals surface area contributed by atoms with Gasteiger partial charge in [-0.15, -0.1) is 0 Å². The molecular formula is C25H35N3O2. The van der Waals surface area contributed by atoms with Crippen LogP contribution in [0.3, 0.4) is 0 Å². The number of hydrogen-bond acceptors (Lipinski definition) is 3. The Labute approximate surface area is 180 Å². The summed E-state index contributed by atoms with van der Waals surface area (Å²) in [6.07, 6.45) is 2.76. The number of nitrogens with zero attached hydrogens (tertiary/aromatic N) is 1. The van der Waals surface area contributed by atoms with Crippen LogP contribution in [0.15, 0.2) is 65.7 Å². The van der Waals surface area contributed by atoms with Crippen molar-refractivity contribution in [2.24, 2.45) is 4.99 Å². The molecule has 2 N–H and O–H groups in total. The Hall–Kier alpha value is -2.37. The zero-order chi connectivity index (χ0) is 21.1. The molecule has 0 atom stereocenters. The smallest absolute Gasteiger partial charge is 0.191 e. The number of ether oxygens (including phenoxy) is 2. The normalized spacial score (nSPS) is 16.4. The van der Waals surface area contributed by atoms with Crippen molar-refractivity contribution in [2.45, 2.75) is 37.7 Å². The second-order valence-corrected chi connectivity index (χ2v) is 7.78. The molecule has 0 unspecified atom stereocenters. The lowest BCUT2D eigenvalue weighted by Crippen LogP contribution is -2.44. The van der Waals surface area contributed by atoms with Gasteiger partial charge in [-0.05, 0) is 24.5 Å². The molecule has 1 fully saturated rings. The fourth-order valence-corrected chi connectivity index (χ4v) is 3.97. The SMILES string of the molecule is CCNC(=NCC1(OC)CCOCC1)NCCC(c1ccccc1)c1ccccc1. The van der Waals surface area contributed by atoms with Gasteiger partial charge in [0, 0.05) is 52.2 Å². The van der Waals surface area contributed by atoms with E-state index in [2.05, 4.69) is 78.2 Å². The molecule has 1 aliphatic heterocycles. The molecule has 0 radical (unpaired) electrons. The van der Waals surface area contributed by atoms with Gasteiger partial charge in [0.15, 0.2) is 5.96 Å². The Bertz CT molecular complexity index is 719. The Morgan fingerprint density at radius 2 is 1.60 bits per heavy atom. The molecule has 0 saturated carbocycles. The van der Waals surface area contributed by atoms with Crippen LogP contribution in [0, 0.1) is 0 Å². The van der Waals surface area contributed by atoms with Crippen molar-refractivity contribution in [1.82, 2.24) is 10.6 Å². The first-order chi connectivity index (χ1) is 14.8. The first-order valence-electron chi connectivity index (χ1n) is 11.0. The van der Waals surface area contributed by atoms with Gasteiger partial charge >= 0.3 is 0 Å². The third-order valence-corrected chi connectivity index (χ3v) is 5.84. The van der Waals surface area contributed by atoms with E-state index < -0.39 is 0 Å². The highest BCUT2D eigenvalue weighted by Crippen LogP contribution is 2.27. The van der Waals surface area contributed by atoms with Crippen molar-refractivity contribution in [2.75, 3.05) is 40.0 Å². The molecule has 0 bridgehead atoms. The molecule has 5 heteroatoms. The van der Waals surface area contributed by atoms with Crippen LogP contribution in [0.4, 0.5) is 0 Å². The lowest BCUT2D eigenvalue weighted by atomic mass is 9.88. The Morgan fingerprint density at radius 1 is 1.00 bits per heavy atom. The van der Waals surface area contributed by atoms with Crippen molar-refractivity contribution in [3.63, 3.8) is 0 Å². The summed E-state index contributed by atoms with van der Waals surface area (Å²) in [5, 5.41) is 6.89. The van der Waals surface area contributed by atoms with E-state index in [4.69, 9.17) is 14.5 Å². The van der Waals surface area contributed by atoms with Gasteiger partial charge in [-0.3, -0.25) is 4.99 Å². The summed E-state index contributed by atoms with van der Waals surface area (Å²) in [7, 11) is 1.78. The van der Waals surface area contributed by atoms with Crippen LogP contribution in [-0.4, -0.2) is 51.5 Å². The van der Waals surface area contributed by atoms with Crippen LogP contribution >= 0.6 is 0 Å². The molecule has 0 amide bonds. The highest BCUT2D eigenvalue weighted by molar-refractivity contribution is 5.79. The molecule has 0 spiro atoms. The van der Waals surface area contributed by atoms with Crippen LogP contribution in [0.5, 0.6) is 0 Å². The summed E-state index contributed by atoms with van der Waals surface area (Å²) in [6.45, 7) is 5.88. The third-order valence-electron chi connectivity index (χ3n) is 5.84. The summed E-state index contributed by atoms with van der Waals surface area (Å²) in [5.41, 5.74) is 2.47. The summed E-state index contributed by atoms with van der Waals surface area (Å²) in [6, 6.07) is 21.4. The van der Waals surface area contributed by atoms with Crippen molar-refractivity contribution in [3.8, 4) is 0 Å². The van der Waals surface area contributed by atoms with Gasteiger partial charge in [-0.25, -0.2) is 0 Å². The average Bonchev–Trinajstić information content (AvgIpc) is 2.82. The van der Waals surface area contributed by atoms with E-state index in [1.165, 1.54) is 11.1 Å². The zero-order valence-electron chi connectivity index (χ0n) is 18.3. The second kappa shape index (κ2) is 11.7. The topological polar surface area (TPSA) is 54.9 Å². The van der Waals surface area contributed by atoms with Crippen LogP contribution in [-0.2, 0) is 9.47 Å². The molecule has 0 aliphatic carbocycles. The molecule has 1 aliphatic rings. The summed E-state index contributed by atoms with van der Waals surface area (Å²) < 4.78 is 11.3. The van der Waals surface area contributed by atoms with Gasteiger partial charge in [0.1, 0.15) is 0 Å². The number of aliphatic imine (C=N–C) groups is 1. The predicted octanol–water partition coefficient (Wildman–Crippen LogP) is 3.96. The Morgan fingerprint density at radius 3 is 2.13 bits per heavy atom. The van der Waals surface area contributed by atoms with E-state index in [9.17, 15) is 0 Å². The molecular weight excluding hydrogens is 374 g/mol. The maximum Gasteiger partial charge on any atom is 0.191 e. The van der Waals surface area contributed by atoms with Gasteiger partial charge in [-0.1, -0.05) is 60.7 Å². The Balaban J connectivity index is 1.64. The zero-order valence-corrected chi connectivity index (χ0v) is 18.3. The van der Waals surface area contributed by atoms with Crippen molar-refractivity contribution < 1.29 is 9.47 Å². The van der Waals surface area contributed by atoms with E-state index >= 15 is 0 Å². The minimum atomic E-state index is -0.211. The third kappa shape index (κ3) is 6.31. The van der Waals surface area contributed by atoms with Crippen LogP contribution < -0.4 is 10.6 Å². The van der Waals surface area contributed by atoms with Gasteiger partial charge in [0.25, 0.3) is 0 Å². The largest absolute Gasteiger partial charge is 0.381 e. The lowest BCUT2D eigenvalue weighted by Gasteiger charge is -2.34. The fraction of sp³-hybridized carbons (Fsp3) is 0.480. The number of benzene rings is 2. The minimum absolute atomic E-state index is 0.211. The monoisotopic (exact) mass is 409 g/mol. The quantitative estimate of drug-likeness (QED) is 0.486. The number of nitrogens with one attached hydrogen (secondary N) is 2. The molecule has 2 aromatic rings. The molecule has 5 nitrogen and oxygen atoms in total. The second-order valence-electron chi connectivity index (χ2n) is 7.78. The van der Waals surface area contributed by atoms with E-state index in [0.29, 0.717) is 12.5 Å². The number of methoxy groups -OCH3 is 1. The van der Waals surface area contributed by atoms with E-state index in [0.717, 1.165) is 51.5 Å². The Kier molecular flexibility index (Phi) is 8.72. The molecule has 2 aromatic carbocycles. The van der Waals surface area contributed by atoms with Crippen LogP contribution in [0.1, 0.15) is 43.2 Å². The number of guanidine groups is 1. The standard InChI is InChI=1S/C25H35N3O2/c1-3-26-24(28-20-25(29-2)15-18-30-19-16-25)27-17-14-23(21-10-6-4-7-11-21)22-12-8-5-9-13-22/h4-13,23H,3,14-20H2,1-2H3,(H2,26,27,28). The number of rotatable bonds is 9. The van der Waals surface area contributed by atoms with Crippen molar-refractivity contribution >= 4 is 5.96 Å². The van der Waals surface area contributed by atoms with Gasteiger partial charge in [-0.2, -0.15) is 0 Å². The number of hydrogen-bond donors (Lipinski definition) is 2. The molecule has 3 rings (SSSR count). The average molecular weight is 410 g/mol. The van der Waals surface area contributed by atoms with Crippen molar-refractivity contribution in [1.29, 1.82) is 0 Å². The lowest BCUT2D eigenvalue weighted by molar-refractivity contribution is -0.0828. The maximum absolute atomic E-state index is 5.82. The highest BCUT2D eigenvalue weighted by atomic mass is 16.5. The fourth-order valence-electron chi connectivity index (χ4n) is 3.97. The predicted molar refractivity (Wildman–Crippen MR) is 123 cm³/mol. The molecule has 162 valence electrons. The maximum atomic E-state index is 5.82.